The fraction of sp³-hybridized carbons (Fsp3) is 0.526. The van der Waals surface area contributed by atoms with E-state index in [1.165, 1.54) is 49.0 Å². The van der Waals surface area contributed by atoms with Crippen molar-refractivity contribution >= 4 is 17.2 Å². The van der Waals surface area contributed by atoms with Gasteiger partial charge < -0.3 is 9.88 Å². The molecule has 0 saturated heterocycles. The quantitative estimate of drug-likeness (QED) is 0.819. The lowest BCUT2D eigenvalue weighted by atomic mass is 9.86. The molecule has 1 atom stereocenters. The Labute approximate surface area is 132 Å². The molecule has 1 aromatic heterocycles. The van der Waals surface area contributed by atoms with Gasteiger partial charge in [0.2, 0.25) is 0 Å². The zero-order valence-corrected chi connectivity index (χ0v) is 13.7. The van der Waals surface area contributed by atoms with Crippen LogP contribution in [0.3, 0.4) is 0 Å². The summed E-state index contributed by atoms with van der Waals surface area (Å²) in [4.78, 5) is 17.1. The van der Waals surface area contributed by atoms with Crippen LogP contribution in [0.5, 0.6) is 0 Å². The van der Waals surface area contributed by atoms with Crippen molar-refractivity contribution in [2.24, 2.45) is 0 Å². The Bertz CT molecular complexity index is 653. The summed E-state index contributed by atoms with van der Waals surface area (Å²) in [7, 11) is 0. The van der Waals surface area contributed by atoms with Crippen LogP contribution in [0.2, 0.25) is 0 Å². The minimum atomic E-state index is 0.672. The minimum Gasteiger partial charge on any atom is -0.360 e. The van der Waals surface area contributed by atoms with E-state index in [0.717, 1.165) is 30.1 Å². The monoisotopic (exact) mass is 298 g/mol. The van der Waals surface area contributed by atoms with Crippen LogP contribution >= 0.6 is 0 Å². The number of aromatic amines is 1. The van der Waals surface area contributed by atoms with E-state index >= 15 is 0 Å². The number of hydrogen-bond donors (Lipinski definition) is 1. The number of nitrogens with zero attached hydrogens (tertiary/aromatic N) is 1. The van der Waals surface area contributed by atoms with Gasteiger partial charge >= 0.3 is 0 Å². The molecule has 1 N–H and O–H groups in total. The Morgan fingerprint density at radius 2 is 2.05 bits per heavy atom. The van der Waals surface area contributed by atoms with E-state index in [4.69, 9.17) is 0 Å². The van der Waals surface area contributed by atoms with Crippen molar-refractivity contribution in [3.05, 3.63) is 35.0 Å². The molecule has 1 unspecified atom stereocenters. The van der Waals surface area contributed by atoms with Gasteiger partial charge in [0.25, 0.3) is 0 Å². The van der Waals surface area contributed by atoms with E-state index in [1.807, 2.05) is 6.20 Å². The fourth-order valence-corrected chi connectivity index (χ4v) is 3.93. The van der Waals surface area contributed by atoms with Crippen LogP contribution < -0.4 is 0 Å². The molecule has 0 radical (unpaired) electrons. The predicted molar refractivity (Wildman–Crippen MR) is 91.7 cm³/mol. The number of rotatable bonds is 6. The van der Waals surface area contributed by atoms with E-state index in [2.05, 4.69) is 35.9 Å². The maximum absolute atomic E-state index is 11.1. The van der Waals surface area contributed by atoms with Gasteiger partial charge in [0.15, 0.2) is 6.29 Å². The number of benzene rings is 1. The molecular formula is C19H26N2O. The topological polar surface area (TPSA) is 36.1 Å². The highest BCUT2D eigenvalue weighted by Gasteiger charge is 2.25. The highest BCUT2D eigenvalue weighted by Crippen LogP contribution is 2.31. The number of H-pyrrole nitrogens is 1. The van der Waals surface area contributed by atoms with Gasteiger partial charge in [-0.15, -0.1) is 0 Å². The fourth-order valence-electron chi connectivity index (χ4n) is 3.93. The smallest absolute Gasteiger partial charge is 0.152 e. The van der Waals surface area contributed by atoms with Crippen LogP contribution in [-0.4, -0.2) is 35.3 Å². The highest BCUT2D eigenvalue weighted by atomic mass is 16.1. The molecule has 1 aliphatic rings. The van der Waals surface area contributed by atoms with Gasteiger partial charge in [-0.2, -0.15) is 0 Å². The molecule has 1 aliphatic carbocycles. The van der Waals surface area contributed by atoms with Crippen LogP contribution in [0, 0.1) is 0 Å². The summed E-state index contributed by atoms with van der Waals surface area (Å²) in [6, 6.07) is 5.02. The summed E-state index contributed by atoms with van der Waals surface area (Å²) in [6.45, 7) is 6.94. The third-order valence-electron chi connectivity index (χ3n) is 4.94. The van der Waals surface area contributed by atoms with Gasteiger partial charge in [0, 0.05) is 28.7 Å². The molecule has 3 nitrogen and oxygen atoms in total. The number of nitrogens with one attached hydrogen (secondary N) is 1. The Morgan fingerprint density at radius 3 is 2.73 bits per heavy atom. The standard InChI is InChI=1S/C19H26N2O/c1-3-9-21(10-4-2)16-6-8-17-14(11-16)5-7-18-15(13-22)12-20-19(17)18/h5,7,12-13,16,20H,3-4,6,8-11H2,1-2H3. The second-order valence-electron chi connectivity index (χ2n) is 6.42. The molecule has 1 aromatic carbocycles. The Kier molecular flexibility index (Phi) is 4.63. The molecule has 22 heavy (non-hydrogen) atoms. The van der Waals surface area contributed by atoms with E-state index < -0.39 is 0 Å². The van der Waals surface area contributed by atoms with Crippen molar-refractivity contribution in [3.8, 4) is 0 Å². The van der Waals surface area contributed by atoms with Gasteiger partial charge in [-0.05, 0) is 56.3 Å². The molecule has 2 aromatic rings. The van der Waals surface area contributed by atoms with Gasteiger partial charge in [0.1, 0.15) is 0 Å². The van der Waals surface area contributed by atoms with E-state index in [1.54, 1.807) is 0 Å². The molecule has 1 heterocycles. The molecule has 3 rings (SSSR count). The number of carbonyl (C=O) groups is 1. The van der Waals surface area contributed by atoms with Gasteiger partial charge in [-0.25, -0.2) is 0 Å². The summed E-state index contributed by atoms with van der Waals surface area (Å²) in [5, 5.41) is 1.08. The Hall–Kier alpha value is -1.61. The average molecular weight is 298 g/mol. The lowest BCUT2D eigenvalue weighted by molar-refractivity contribution is 0.112. The number of hydrogen-bond acceptors (Lipinski definition) is 2. The number of aldehydes is 1. The minimum absolute atomic E-state index is 0.672. The predicted octanol–water partition coefficient (Wildman–Crippen LogP) is 3.96. The SMILES string of the molecule is CCCN(CCC)C1CCc2c(ccc3c(C=O)c[nH]c23)C1. The highest BCUT2D eigenvalue weighted by molar-refractivity contribution is 5.98. The molecule has 0 saturated carbocycles. The van der Waals surface area contributed by atoms with Crippen molar-refractivity contribution in [3.63, 3.8) is 0 Å². The summed E-state index contributed by atoms with van der Waals surface area (Å²) in [5.74, 6) is 0. The first kappa shape index (κ1) is 15.3. The van der Waals surface area contributed by atoms with Crippen molar-refractivity contribution in [2.75, 3.05) is 13.1 Å². The molecule has 0 spiro atoms. The number of carbonyl (C=O) groups excluding carboxylic acids is 1. The number of aromatic nitrogens is 1. The average Bonchev–Trinajstić information content (AvgIpc) is 2.97. The first-order valence-corrected chi connectivity index (χ1v) is 8.59. The zero-order valence-electron chi connectivity index (χ0n) is 13.7. The maximum Gasteiger partial charge on any atom is 0.152 e. The molecule has 3 heteroatoms. The normalized spacial score (nSPS) is 17.9. The molecule has 0 fully saturated rings. The first-order chi connectivity index (χ1) is 10.8. The summed E-state index contributed by atoms with van der Waals surface area (Å²) < 4.78 is 0. The lowest BCUT2D eigenvalue weighted by Gasteiger charge is -2.35. The largest absolute Gasteiger partial charge is 0.360 e. The summed E-state index contributed by atoms with van der Waals surface area (Å²) in [6.07, 6.45) is 8.71. The summed E-state index contributed by atoms with van der Waals surface area (Å²) in [5.41, 5.74) is 4.84. The summed E-state index contributed by atoms with van der Waals surface area (Å²) >= 11 is 0. The Morgan fingerprint density at radius 1 is 1.27 bits per heavy atom. The zero-order chi connectivity index (χ0) is 15.5. The molecule has 118 valence electrons. The third-order valence-corrected chi connectivity index (χ3v) is 4.94. The molecule has 0 bridgehead atoms. The second kappa shape index (κ2) is 6.66. The van der Waals surface area contributed by atoms with Crippen LogP contribution in [0.25, 0.3) is 10.9 Å². The molecule has 0 aliphatic heterocycles. The second-order valence-corrected chi connectivity index (χ2v) is 6.42. The van der Waals surface area contributed by atoms with Crippen molar-refractivity contribution < 1.29 is 4.79 Å². The van der Waals surface area contributed by atoms with E-state index in [-0.39, 0.29) is 0 Å². The Balaban J connectivity index is 1.88. The van der Waals surface area contributed by atoms with Gasteiger partial charge in [0.05, 0.1) is 0 Å². The van der Waals surface area contributed by atoms with E-state index in [0.29, 0.717) is 6.04 Å². The van der Waals surface area contributed by atoms with E-state index in [9.17, 15) is 4.79 Å². The van der Waals surface area contributed by atoms with Gasteiger partial charge in [-0.3, -0.25) is 4.79 Å². The van der Waals surface area contributed by atoms with Crippen molar-refractivity contribution in [2.45, 2.75) is 52.0 Å². The maximum atomic E-state index is 11.1. The van der Waals surface area contributed by atoms with Crippen LogP contribution in [0.4, 0.5) is 0 Å². The van der Waals surface area contributed by atoms with Gasteiger partial charge in [-0.1, -0.05) is 26.0 Å². The number of aryl methyl sites for hydroxylation is 1. The third kappa shape index (κ3) is 2.70. The number of fused-ring (bicyclic) bond motifs is 3. The molecular weight excluding hydrogens is 272 g/mol. The molecule has 0 amide bonds. The van der Waals surface area contributed by atoms with Crippen LogP contribution in [0.1, 0.15) is 54.6 Å². The van der Waals surface area contributed by atoms with Crippen molar-refractivity contribution in [1.82, 2.24) is 9.88 Å². The first-order valence-electron chi connectivity index (χ1n) is 8.59. The van der Waals surface area contributed by atoms with Crippen LogP contribution in [-0.2, 0) is 12.8 Å². The van der Waals surface area contributed by atoms with Crippen molar-refractivity contribution in [1.29, 1.82) is 0 Å². The van der Waals surface area contributed by atoms with Crippen LogP contribution in [0.15, 0.2) is 18.3 Å². The lowest BCUT2D eigenvalue weighted by Crippen LogP contribution is -2.40.